The Balaban J connectivity index is 2.27. The molecule has 0 fully saturated rings. The van der Waals surface area contributed by atoms with Gasteiger partial charge in [-0.25, -0.2) is 0 Å². The molecule has 1 heterocycles. The average Bonchev–Trinajstić information content (AvgIpc) is 2.78. The minimum Gasteiger partial charge on any atom is -0.319 e. The van der Waals surface area contributed by atoms with Crippen molar-refractivity contribution in [2.75, 3.05) is 13.6 Å². The first kappa shape index (κ1) is 13.0. The fraction of sp³-hybridized carbons (Fsp3) is 0.273. The van der Waals surface area contributed by atoms with E-state index in [1.807, 2.05) is 25.2 Å². The largest absolute Gasteiger partial charge is 0.319 e. The van der Waals surface area contributed by atoms with Crippen molar-refractivity contribution < 1.29 is 0 Å². The maximum absolute atomic E-state index is 6.15. The molecule has 1 aromatic heterocycles. The van der Waals surface area contributed by atoms with Crippen molar-refractivity contribution in [1.29, 1.82) is 0 Å². The van der Waals surface area contributed by atoms with E-state index in [1.54, 1.807) is 11.3 Å². The van der Waals surface area contributed by atoms with Gasteiger partial charge in [0, 0.05) is 23.0 Å². The monoisotopic (exact) mass is 331 g/mol. The summed E-state index contributed by atoms with van der Waals surface area (Å²) in [7, 11) is 1.92. The zero-order chi connectivity index (χ0) is 12.3. The van der Waals surface area contributed by atoms with E-state index in [0.717, 1.165) is 33.0 Å². The van der Waals surface area contributed by atoms with E-state index in [9.17, 15) is 0 Å². The van der Waals surface area contributed by atoms with E-state index in [-0.39, 0.29) is 0 Å². The Kier molecular flexibility index (Phi) is 4.50. The molecule has 0 saturated carbocycles. The topological polar surface area (TPSA) is 37.8 Å². The third-order valence-corrected chi connectivity index (χ3v) is 4.05. The SMILES string of the molecule is CNCCc1nnc(-c2cc(Br)ccc2Cl)s1. The molecule has 3 nitrogen and oxygen atoms in total. The molecular formula is C11H11BrClN3S. The van der Waals surface area contributed by atoms with Crippen LogP contribution >= 0.6 is 38.9 Å². The molecule has 0 amide bonds. The number of benzene rings is 1. The van der Waals surface area contributed by atoms with Gasteiger partial charge in [-0.05, 0) is 25.2 Å². The molecule has 2 aromatic rings. The zero-order valence-electron chi connectivity index (χ0n) is 9.20. The second kappa shape index (κ2) is 5.91. The minimum absolute atomic E-state index is 0.699. The molecule has 0 radical (unpaired) electrons. The smallest absolute Gasteiger partial charge is 0.149 e. The molecule has 0 saturated heterocycles. The van der Waals surface area contributed by atoms with Crippen molar-refractivity contribution >= 4 is 38.9 Å². The maximum Gasteiger partial charge on any atom is 0.149 e. The number of rotatable bonds is 4. The van der Waals surface area contributed by atoms with E-state index in [4.69, 9.17) is 11.6 Å². The standard InChI is InChI=1S/C11H11BrClN3S/c1-14-5-4-10-15-16-11(17-10)8-6-7(12)2-3-9(8)13/h2-3,6,14H,4-5H2,1H3. The lowest BCUT2D eigenvalue weighted by Gasteiger charge is -1.99. The number of halogens is 2. The highest BCUT2D eigenvalue weighted by atomic mass is 79.9. The molecule has 2 rings (SSSR count). The van der Waals surface area contributed by atoms with E-state index >= 15 is 0 Å². The average molecular weight is 333 g/mol. The summed E-state index contributed by atoms with van der Waals surface area (Å²) in [5, 5.41) is 14.0. The summed E-state index contributed by atoms with van der Waals surface area (Å²) >= 11 is 11.2. The highest BCUT2D eigenvalue weighted by Crippen LogP contribution is 2.32. The summed E-state index contributed by atoms with van der Waals surface area (Å²) in [6, 6.07) is 5.73. The number of nitrogens with zero attached hydrogens (tertiary/aromatic N) is 2. The van der Waals surface area contributed by atoms with Gasteiger partial charge in [-0.3, -0.25) is 0 Å². The van der Waals surface area contributed by atoms with Crippen LogP contribution in [0.4, 0.5) is 0 Å². The summed E-state index contributed by atoms with van der Waals surface area (Å²) in [6.45, 7) is 0.904. The molecule has 1 aromatic carbocycles. The number of hydrogen-bond donors (Lipinski definition) is 1. The number of nitrogens with one attached hydrogen (secondary N) is 1. The normalized spacial score (nSPS) is 10.8. The van der Waals surface area contributed by atoms with Gasteiger partial charge in [-0.2, -0.15) is 0 Å². The Hall–Kier alpha value is -0.490. The van der Waals surface area contributed by atoms with Gasteiger partial charge >= 0.3 is 0 Å². The first-order chi connectivity index (χ1) is 8.20. The number of aromatic nitrogens is 2. The number of likely N-dealkylation sites (N-methyl/N-ethyl adjacent to an activating group) is 1. The van der Waals surface area contributed by atoms with Crippen LogP contribution in [0.2, 0.25) is 5.02 Å². The Morgan fingerprint density at radius 2 is 2.24 bits per heavy atom. The predicted octanol–water partition coefficient (Wildman–Crippen LogP) is 3.38. The molecular weight excluding hydrogens is 322 g/mol. The molecule has 0 aliphatic heterocycles. The van der Waals surface area contributed by atoms with Gasteiger partial charge in [0.15, 0.2) is 0 Å². The summed E-state index contributed by atoms with van der Waals surface area (Å²) < 4.78 is 0.990. The molecule has 0 bridgehead atoms. The lowest BCUT2D eigenvalue weighted by atomic mass is 10.2. The number of hydrogen-bond acceptors (Lipinski definition) is 4. The fourth-order valence-electron chi connectivity index (χ4n) is 1.36. The van der Waals surface area contributed by atoms with Gasteiger partial charge in [0.1, 0.15) is 10.0 Å². The second-order valence-electron chi connectivity index (χ2n) is 3.48. The first-order valence-electron chi connectivity index (χ1n) is 5.13. The lowest BCUT2D eigenvalue weighted by molar-refractivity contribution is 0.779. The van der Waals surface area contributed by atoms with Gasteiger partial charge in [-0.15, -0.1) is 10.2 Å². The minimum atomic E-state index is 0.699. The van der Waals surface area contributed by atoms with Crippen molar-refractivity contribution in [2.45, 2.75) is 6.42 Å². The molecule has 1 N–H and O–H groups in total. The van der Waals surface area contributed by atoms with Crippen molar-refractivity contribution in [3.8, 4) is 10.6 Å². The van der Waals surface area contributed by atoms with Crippen LogP contribution in [0.5, 0.6) is 0 Å². The third-order valence-electron chi connectivity index (χ3n) is 2.21. The summed E-state index contributed by atoms with van der Waals surface area (Å²) in [5.74, 6) is 0. The van der Waals surface area contributed by atoms with E-state index in [1.165, 1.54) is 0 Å². The van der Waals surface area contributed by atoms with Gasteiger partial charge in [0.05, 0.1) is 5.02 Å². The Morgan fingerprint density at radius 3 is 3.00 bits per heavy atom. The van der Waals surface area contributed by atoms with Gasteiger partial charge < -0.3 is 5.32 Å². The van der Waals surface area contributed by atoms with Crippen LogP contribution < -0.4 is 5.32 Å². The quantitative estimate of drug-likeness (QED) is 0.932. The summed E-state index contributed by atoms with van der Waals surface area (Å²) in [4.78, 5) is 0. The van der Waals surface area contributed by atoms with E-state index in [2.05, 4.69) is 31.4 Å². The van der Waals surface area contributed by atoms with Gasteiger partial charge in [0.2, 0.25) is 0 Å². The van der Waals surface area contributed by atoms with E-state index in [0.29, 0.717) is 5.02 Å². The third kappa shape index (κ3) is 3.25. The lowest BCUT2D eigenvalue weighted by Crippen LogP contribution is -2.09. The van der Waals surface area contributed by atoms with E-state index < -0.39 is 0 Å². The van der Waals surface area contributed by atoms with Crippen molar-refractivity contribution in [3.63, 3.8) is 0 Å². The summed E-state index contributed by atoms with van der Waals surface area (Å²) in [6.07, 6.45) is 0.889. The van der Waals surface area contributed by atoms with Crippen LogP contribution in [0.3, 0.4) is 0 Å². The van der Waals surface area contributed by atoms with Crippen LogP contribution in [-0.2, 0) is 6.42 Å². The fourth-order valence-corrected chi connectivity index (χ4v) is 2.85. The molecule has 0 aliphatic rings. The van der Waals surface area contributed by atoms with Gasteiger partial charge in [0.25, 0.3) is 0 Å². The molecule has 6 heteroatoms. The molecule has 17 heavy (non-hydrogen) atoms. The molecule has 90 valence electrons. The molecule has 0 unspecified atom stereocenters. The van der Waals surface area contributed by atoms with Crippen molar-refractivity contribution in [2.24, 2.45) is 0 Å². The molecule has 0 spiro atoms. The van der Waals surface area contributed by atoms with Crippen LogP contribution in [-0.4, -0.2) is 23.8 Å². The Morgan fingerprint density at radius 1 is 1.41 bits per heavy atom. The molecule has 0 aliphatic carbocycles. The highest BCUT2D eigenvalue weighted by molar-refractivity contribution is 9.10. The predicted molar refractivity (Wildman–Crippen MR) is 75.7 cm³/mol. The van der Waals surface area contributed by atoms with Crippen LogP contribution in [0.15, 0.2) is 22.7 Å². The maximum atomic E-state index is 6.15. The summed E-state index contributed by atoms with van der Waals surface area (Å²) in [5.41, 5.74) is 0.925. The first-order valence-corrected chi connectivity index (χ1v) is 7.12. The molecule has 0 atom stereocenters. The highest BCUT2D eigenvalue weighted by Gasteiger charge is 2.10. The van der Waals surface area contributed by atoms with Gasteiger partial charge in [-0.1, -0.05) is 38.9 Å². The van der Waals surface area contributed by atoms with Crippen LogP contribution in [0.25, 0.3) is 10.6 Å². The van der Waals surface area contributed by atoms with Crippen molar-refractivity contribution in [1.82, 2.24) is 15.5 Å². The zero-order valence-corrected chi connectivity index (χ0v) is 12.4. The second-order valence-corrected chi connectivity index (χ2v) is 5.86. The Labute approximate surface area is 117 Å². The van der Waals surface area contributed by atoms with Crippen molar-refractivity contribution in [3.05, 3.63) is 32.7 Å². The van der Waals surface area contributed by atoms with Crippen LogP contribution in [0.1, 0.15) is 5.01 Å². The Bertz CT molecular complexity index is 515. The van der Waals surface area contributed by atoms with Crippen LogP contribution in [0, 0.1) is 0 Å².